The van der Waals surface area contributed by atoms with E-state index in [0.29, 0.717) is 12.5 Å². The summed E-state index contributed by atoms with van der Waals surface area (Å²) in [4.78, 5) is 13.1. The molecule has 1 aliphatic rings. The fourth-order valence-corrected chi connectivity index (χ4v) is 4.58. The Kier molecular flexibility index (Phi) is 6.91. The highest BCUT2D eigenvalue weighted by molar-refractivity contribution is 5.66. The van der Waals surface area contributed by atoms with Gasteiger partial charge in [0.05, 0.1) is 6.42 Å². The number of carboxylic acid groups (broad SMARTS) is 1. The molecular formula is C28H31NO3. The van der Waals surface area contributed by atoms with Gasteiger partial charge in [-0.2, -0.15) is 0 Å². The summed E-state index contributed by atoms with van der Waals surface area (Å²) in [5, 5.41) is 8.90. The van der Waals surface area contributed by atoms with Crippen LogP contribution in [0, 0.1) is 0 Å². The normalized spacial score (nSPS) is 16.9. The lowest BCUT2D eigenvalue weighted by Crippen LogP contribution is -2.34. The van der Waals surface area contributed by atoms with E-state index in [1.165, 1.54) is 5.56 Å². The minimum Gasteiger partial charge on any atom is -0.481 e. The lowest BCUT2D eigenvalue weighted by Gasteiger charge is -2.34. The van der Waals surface area contributed by atoms with Crippen molar-refractivity contribution < 1.29 is 14.6 Å². The zero-order valence-corrected chi connectivity index (χ0v) is 18.6. The summed E-state index contributed by atoms with van der Waals surface area (Å²) in [6.07, 6.45) is 2.35. The fraction of sp³-hybridized carbons (Fsp3) is 0.321. The largest absolute Gasteiger partial charge is 0.481 e. The second-order valence-electron chi connectivity index (χ2n) is 8.70. The summed E-state index contributed by atoms with van der Waals surface area (Å²) in [6.45, 7) is 4.69. The van der Waals surface area contributed by atoms with Crippen molar-refractivity contribution in [2.75, 3.05) is 19.6 Å². The van der Waals surface area contributed by atoms with Crippen molar-refractivity contribution in [3.05, 3.63) is 102 Å². The molecule has 32 heavy (non-hydrogen) atoms. The summed E-state index contributed by atoms with van der Waals surface area (Å²) >= 11 is 0. The first-order valence-electron chi connectivity index (χ1n) is 11.4. The van der Waals surface area contributed by atoms with Crippen molar-refractivity contribution in [1.29, 1.82) is 0 Å². The van der Waals surface area contributed by atoms with Crippen LogP contribution in [0.2, 0.25) is 0 Å². The predicted molar refractivity (Wildman–Crippen MR) is 127 cm³/mol. The number of carbonyl (C=O) groups is 1. The number of likely N-dealkylation sites (tertiary alicyclic amines) is 1. The zero-order valence-electron chi connectivity index (χ0n) is 18.6. The average molecular weight is 430 g/mol. The van der Waals surface area contributed by atoms with E-state index in [4.69, 9.17) is 9.84 Å². The van der Waals surface area contributed by atoms with E-state index < -0.39 is 11.6 Å². The fourth-order valence-electron chi connectivity index (χ4n) is 4.58. The molecular weight excluding hydrogens is 398 g/mol. The molecule has 3 aromatic carbocycles. The third-order valence-corrected chi connectivity index (χ3v) is 6.55. The molecule has 0 aromatic heterocycles. The molecule has 0 saturated carbocycles. The molecule has 0 amide bonds. The van der Waals surface area contributed by atoms with Crippen molar-refractivity contribution in [3.63, 3.8) is 0 Å². The van der Waals surface area contributed by atoms with Gasteiger partial charge in [-0.1, -0.05) is 72.8 Å². The van der Waals surface area contributed by atoms with Crippen LogP contribution in [0.1, 0.15) is 48.8 Å². The molecule has 4 heteroatoms. The third-order valence-electron chi connectivity index (χ3n) is 6.55. The molecule has 1 aliphatic heterocycles. The molecule has 1 atom stereocenters. The predicted octanol–water partition coefficient (Wildman–Crippen LogP) is 5.68. The number of para-hydroxylation sites is 1. The Labute approximate surface area is 190 Å². The van der Waals surface area contributed by atoms with Gasteiger partial charge in [0, 0.05) is 6.54 Å². The number of carboxylic acids is 1. The average Bonchev–Trinajstić information content (AvgIpc) is 2.84. The second-order valence-corrected chi connectivity index (χ2v) is 8.70. The molecule has 0 aliphatic carbocycles. The Hall–Kier alpha value is -3.11. The quantitative estimate of drug-likeness (QED) is 0.500. The van der Waals surface area contributed by atoms with Gasteiger partial charge in [0.2, 0.25) is 0 Å². The van der Waals surface area contributed by atoms with Crippen LogP contribution < -0.4 is 4.74 Å². The van der Waals surface area contributed by atoms with Crippen LogP contribution >= 0.6 is 0 Å². The Morgan fingerprint density at radius 2 is 1.47 bits per heavy atom. The van der Waals surface area contributed by atoms with E-state index in [1.807, 2.05) is 36.4 Å². The molecule has 0 bridgehead atoms. The number of ether oxygens (including phenoxy) is 1. The zero-order chi connectivity index (χ0) is 22.4. The summed E-state index contributed by atoms with van der Waals surface area (Å²) in [6, 6.07) is 29.2. The van der Waals surface area contributed by atoms with E-state index in [9.17, 15) is 4.79 Å². The Morgan fingerprint density at radius 1 is 0.906 bits per heavy atom. The SMILES string of the molecule is CC(Oc1ccccc1)(c1ccccc1)c1ccc(C2CCN(CCC(=O)O)CC2)cc1. The standard InChI is InChI=1S/C28H31NO3/c1-28(24-8-4-2-5-9-24,32-26-10-6-3-7-11-26)25-14-12-22(13-15-25)23-16-19-29(20-17-23)21-18-27(30)31/h2-15,23H,16-21H2,1H3,(H,30,31). The Balaban J connectivity index is 1.51. The van der Waals surface area contributed by atoms with Gasteiger partial charge in [0.1, 0.15) is 5.75 Å². The minimum absolute atomic E-state index is 0.221. The van der Waals surface area contributed by atoms with E-state index in [2.05, 4.69) is 60.4 Å². The topological polar surface area (TPSA) is 49.8 Å². The van der Waals surface area contributed by atoms with Crippen LogP contribution in [-0.2, 0) is 10.4 Å². The van der Waals surface area contributed by atoms with Gasteiger partial charge in [-0.05, 0) is 67.6 Å². The summed E-state index contributed by atoms with van der Waals surface area (Å²) in [5.74, 6) is 0.640. The number of aliphatic carboxylic acids is 1. The van der Waals surface area contributed by atoms with E-state index in [-0.39, 0.29) is 6.42 Å². The molecule has 0 radical (unpaired) electrons. The Bertz CT molecular complexity index is 996. The molecule has 4 nitrogen and oxygen atoms in total. The van der Waals surface area contributed by atoms with Crippen LogP contribution in [-0.4, -0.2) is 35.6 Å². The Morgan fingerprint density at radius 3 is 2.06 bits per heavy atom. The molecule has 166 valence electrons. The van der Waals surface area contributed by atoms with Gasteiger partial charge >= 0.3 is 5.97 Å². The van der Waals surface area contributed by atoms with E-state index >= 15 is 0 Å². The monoisotopic (exact) mass is 429 g/mol. The van der Waals surface area contributed by atoms with Gasteiger partial charge in [-0.15, -0.1) is 0 Å². The first-order valence-corrected chi connectivity index (χ1v) is 11.4. The van der Waals surface area contributed by atoms with Gasteiger partial charge in [-0.25, -0.2) is 0 Å². The highest BCUT2D eigenvalue weighted by atomic mass is 16.5. The van der Waals surface area contributed by atoms with Gasteiger partial charge < -0.3 is 14.7 Å². The highest BCUT2D eigenvalue weighted by Crippen LogP contribution is 2.36. The van der Waals surface area contributed by atoms with Gasteiger partial charge in [-0.3, -0.25) is 4.79 Å². The maximum Gasteiger partial charge on any atom is 0.304 e. The summed E-state index contributed by atoms with van der Waals surface area (Å²) in [5.41, 5.74) is 2.99. The molecule has 0 spiro atoms. The lowest BCUT2D eigenvalue weighted by atomic mass is 9.84. The number of nitrogens with zero attached hydrogens (tertiary/aromatic N) is 1. The molecule has 1 fully saturated rings. The number of piperidine rings is 1. The number of benzene rings is 3. The number of hydrogen-bond acceptors (Lipinski definition) is 3. The van der Waals surface area contributed by atoms with Crippen molar-refractivity contribution in [3.8, 4) is 5.75 Å². The van der Waals surface area contributed by atoms with Crippen LogP contribution in [0.5, 0.6) is 5.75 Å². The van der Waals surface area contributed by atoms with Crippen molar-refractivity contribution >= 4 is 5.97 Å². The van der Waals surface area contributed by atoms with Crippen LogP contribution in [0.3, 0.4) is 0 Å². The first kappa shape index (κ1) is 22.1. The van der Waals surface area contributed by atoms with Crippen LogP contribution in [0.25, 0.3) is 0 Å². The first-order chi connectivity index (χ1) is 15.5. The second kappa shape index (κ2) is 10.0. The van der Waals surface area contributed by atoms with Crippen molar-refractivity contribution in [2.24, 2.45) is 0 Å². The molecule has 1 saturated heterocycles. The van der Waals surface area contributed by atoms with E-state index in [1.54, 1.807) is 0 Å². The third kappa shape index (κ3) is 5.20. The molecule has 1 unspecified atom stereocenters. The van der Waals surface area contributed by atoms with Crippen LogP contribution in [0.4, 0.5) is 0 Å². The van der Waals surface area contributed by atoms with Crippen molar-refractivity contribution in [2.45, 2.75) is 37.7 Å². The summed E-state index contributed by atoms with van der Waals surface area (Å²) < 4.78 is 6.57. The molecule has 1 N–H and O–H groups in total. The smallest absolute Gasteiger partial charge is 0.304 e. The van der Waals surface area contributed by atoms with Gasteiger partial charge in [0.15, 0.2) is 5.60 Å². The maximum atomic E-state index is 10.8. The number of rotatable bonds is 8. The minimum atomic E-state index is -0.720. The van der Waals surface area contributed by atoms with E-state index in [0.717, 1.165) is 42.8 Å². The van der Waals surface area contributed by atoms with Gasteiger partial charge in [0.25, 0.3) is 0 Å². The lowest BCUT2D eigenvalue weighted by molar-refractivity contribution is -0.137. The molecule has 3 aromatic rings. The number of hydrogen-bond donors (Lipinski definition) is 1. The van der Waals surface area contributed by atoms with Crippen molar-refractivity contribution in [1.82, 2.24) is 4.90 Å². The molecule has 1 heterocycles. The van der Waals surface area contributed by atoms with Crippen LogP contribution in [0.15, 0.2) is 84.9 Å². The maximum absolute atomic E-state index is 10.8. The highest BCUT2D eigenvalue weighted by Gasteiger charge is 2.31. The summed E-state index contributed by atoms with van der Waals surface area (Å²) in [7, 11) is 0. The molecule has 4 rings (SSSR count).